The van der Waals surface area contributed by atoms with Gasteiger partial charge in [-0.1, -0.05) is 177 Å². The Labute approximate surface area is 364 Å². The zero-order chi connectivity index (χ0) is 42.4. The van der Waals surface area contributed by atoms with Crippen molar-refractivity contribution in [1.82, 2.24) is 0 Å². The summed E-state index contributed by atoms with van der Waals surface area (Å²) in [5.41, 5.74) is 8.08. The highest BCUT2D eigenvalue weighted by Crippen LogP contribution is 2.41. The van der Waals surface area contributed by atoms with Gasteiger partial charge in [-0.3, -0.25) is 4.79 Å². The Hall–Kier alpha value is -4.70. The normalized spacial score (nSPS) is 17.3. The molecule has 0 bridgehead atoms. The Balaban J connectivity index is 1.14. The van der Waals surface area contributed by atoms with E-state index in [1.807, 2.05) is 48.6 Å². The van der Waals surface area contributed by atoms with Gasteiger partial charge in [0, 0.05) is 61.2 Å². The molecule has 60 heavy (non-hydrogen) atoms. The summed E-state index contributed by atoms with van der Waals surface area (Å²) < 4.78 is 2.57. The molecular weight excluding hydrogens is 733 g/mol. The number of carbonyl (C=O) groups excluding carboxylic acids is 1. The van der Waals surface area contributed by atoms with Crippen molar-refractivity contribution in [1.29, 1.82) is 0 Å². The van der Waals surface area contributed by atoms with Crippen molar-refractivity contribution in [3.63, 3.8) is 0 Å². The number of allylic oxidation sites excluding steroid dienone is 14. The summed E-state index contributed by atoms with van der Waals surface area (Å²) in [6.07, 6.45) is 46.0. The second-order valence-corrected chi connectivity index (χ2v) is 17.1. The van der Waals surface area contributed by atoms with E-state index in [-0.39, 0.29) is 17.5 Å². The van der Waals surface area contributed by atoms with Gasteiger partial charge in [-0.05, 0) is 77.8 Å². The molecule has 0 amide bonds. The molecule has 0 aliphatic heterocycles. The van der Waals surface area contributed by atoms with E-state index in [9.17, 15) is 9.90 Å². The maximum absolute atomic E-state index is 13.4. The smallest absolute Gasteiger partial charge is 0.199 e. The molecule has 1 atom stereocenters. The fourth-order valence-electron chi connectivity index (χ4n) is 8.40. The van der Waals surface area contributed by atoms with Gasteiger partial charge in [-0.25, -0.2) is 4.58 Å². The summed E-state index contributed by atoms with van der Waals surface area (Å²) >= 11 is 0. The molecule has 0 saturated carbocycles. The molecule has 0 saturated heterocycles. The van der Waals surface area contributed by atoms with E-state index in [1.54, 1.807) is 0 Å². The fourth-order valence-corrected chi connectivity index (χ4v) is 8.40. The highest BCUT2D eigenvalue weighted by molar-refractivity contribution is 6.29. The molecule has 4 heteroatoms. The lowest BCUT2D eigenvalue weighted by Gasteiger charge is -2.40. The van der Waals surface area contributed by atoms with Crippen LogP contribution >= 0.6 is 0 Å². The lowest BCUT2D eigenvalue weighted by Crippen LogP contribution is -2.40. The summed E-state index contributed by atoms with van der Waals surface area (Å²) in [4.78, 5) is 16.0. The highest BCUT2D eigenvalue weighted by atomic mass is 16.3. The largest absolute Gasteiger partial charge is 0.874 e. The van der Waals surface area contributed by atoms with Gasteiger partial charge < -0.3 is 10.0 Å². The molecule has 5 rings (SSSR count). The number of ketones is 1. The van der Waals surface area contributed by atoms with E-state index in [0.29, 0.717) is 11.1 Å². The molecule has 0 spiro atoms. The monoisotopic (exact) mass is 807 g/mol. The van der Waals surface area contributed by atoms with E-state index in [1.165, 1.54) is 114 Å². The Morgan fingerprint density at radius 2 is 1.03 bits per heavy atom. The van der Waals surface area contributed by atoms with Gasteiger partial charge in [0.1, 0.15) is 13.1 Å². The van der Waals surface area contributed by atoms with Crippen molar-refractivity contribution in [3.8, 4) is 0 Å². The van der Waals surface area contributed by atoms with Gasteiger partial charge in [0.25, 0.3) is 0 Å². The van der Waals surface area contributed by atoms with Crippen LogP contribution in [-0.4, -0.2) is 42.2 Å². The van der Waals surface area contributed by atoms with Crippen LogP contribution in [0.1, 0.15) is 147 Å². The van der Waals surface area contributed by atoms with Crippen LogP contribution in [0, 0.1) is 11.8 Å². The van der Waals surface area contributed by atoms with E-state index in [2.05, 4.69) is 110 Å². The summed E-state index contributed by atoms with van der Waals surface area (Å²) in [6, 6.07) is 16.7. The molecule has 2 aromatic rings. The molecule has 1 unspecified atom stereocenters. The molecule has 320 valence electrons. The average molecular weight is 807 g/mol. The lowest BCUT2D eigenvalue weighted by atomic mass is 9.71. The minimum atomic E-state index is -0.636. The average Bonchev–Trinajstić information content (AvgIpc) is 3.28. The summed E-state index contributed by atoms with van der Waals surface area (Å²) in [5, 5.41) is 13.4. The molecule has 2 aromatic carbocycles. The van der Waals surface area contributed by atoms with Crippen LogP contribution in [0.25, 0.3) is 17.7 Å². The van der Waals surface area contributed by atoms with Crippen molar-refractivity contribution >= 4 is 34.9 Å². The SMILES string of the molecule is CCCCCCN(CCCCCC)c1ccc(/C=C/c2ccc(C3=C([O-])C(C4C=CC(=CC=C5C=CC(=[N+](CCCCCC)CCCCCC)C=C5)C=C4)C3=O)cc2)cc1. The van der Waals surface area contributed by atoms with Gasteiger partial charge in [-0.15, -0.1) is 5.76 Å². The molecule has 0 fully saturated rings. The fraction of sp³-hybridized carbons (Fsp3) is 0.464. The van der Waals surface area contributed by atoms with Crippen molar-refractivity contribution in [2.45, 2.75) is 130 Å². The topological polar surface area (TPSA) is 46.4 Å². The molecule has 3 aliphatic rings. The predicted octanol–water partition coefficient (Wildman–Crippen LogP) is 13.4. The molecule has 0 heterocycles. The summed E-state index contributed by atoms with van der Waals surface area (Å²) in [6.45, 7) is 13.6. The molecule has 3 aliphatic carbocycles. The maximum atomic E-state index is 13.4. The number of benzene rings is 2. The first-order valence-corrected chi connectivity index (χ1v) is 23.8. The first kappa shape index (κ1) is 46.4. The Morgan fingerprint density at radius 3 is 1.52 bits per heavy atom. The lowest BCUT2D eigenvalue weighted by molar-refractivity contribution is -0.527. The predicted molar refractivity (Wildman–Crippen MR) is 257 cm³/mol. The third kappa shape index (κ3) is 14.2. The molecule has 0 radical (unpaired) electrons. The Kier molecular flexibility index (Phi) is 20.0. The van der Waals surface area contributed by atoms with Crippen LogP contribution in [0.4, 0.5) is 5.69 Å². The van der Waals surface area contributed by atoms with Gasteiger partial charge in [0.15, 0.2) is 11.5 Å². The van der Waals surface area contributed by atoms with Crippen LogP contribution in [0.2, 0.25) is 0 Å². The number of Topliss-reactive ketones (excluding diaryl/α,β-unsaturated/α-hetero) is 1. The third-order valence-corrected chi connectivity index (χ3v) is 12.2. The number of anilines is 1. The number of carbonyl (C=O) groups is 1. The van der Waals surface area contributed by atoms with Crippen molar-refractivity contribution in [3.05, 3.63) is 143 Å². The van der Waals surface area contributed by atoms with Crippen LogP contribution in [0.5, 0.6) is 0 Å². The van der Waals surface area contributed by atoms with E-state index >= 15 is 0 Å². The standard InChI is InChI=1S/C56H74N2O2/c1-5-9-13-17-41-57(42-18-14-10-6-2)51-37-29-47(30-38-51)23-21-45-25-33-49(34-26-45)53-55(59)54(56(53)60)50-35-27-46(28-36-50)22-24-48-31-39-52(40-32-48)58(43-19-15-11-7-3)44-20-16-12-8-4/h21-40,49,53H,5-20,41-44H2,1-4H3/b24-22+,45-21?. The van der Waals surface area contributed by atoms with Crippen LogP contribution in [-0.2, 0) is 4.79 Å². The van der Waals surface area contributed by atoms with Crippen molar-refractivity contribution < 1.29 is 14.5 Å². The first-order valence-electron chi connectivity index (χ1n) is 23.8. The van der Waals surface area contributed by atoms with E-state index in [0.717, 1.165) is 48.5 Å². The summed E-state index contributed by atoms with van der Waals surface area (Å²) in [7, 11) is 0. The minimum Gasteiger partial charge on any atom is -0.874 e. The second kappa shape index (κ2) is 25.8. The van der Waals surface area contributed by atoms with Crippen LogP contribution in [0.3, 0.4) is 0 Å². The number of nitrogens with zero attached hydrogens (tertiary/aromatic N) is 2. The number of hydrogen-bond donors (Lipinski definition) is 0. The molecule has 0 N–H and O–H groups in total. The maximum Gasteiger partial charge on any atom is 0.199 e. The quantitative estimate of drug-likeness (QED) is 0.0540. The molecule has 0 aromatic heterocycles. The highest BCUT2D eigenvalue weighted by Gasteiger charge is 2.38. The number of hydrogen-bond acceptors (Lipinski definition) is 3. The van der Waals surface area contributed by atoms with E-state index < -0.39 is 5.92 Å². The van der Waals surface area contributed by atoms with Crippen LogP contribution < -0.4 is 10.0 Å². The second-order valence-electron chi connectivity index (χ2n) is 17.1. The minimum absolute atomic E-state index is 0.0590. The van der Waals surface area contributed by atoms with E-state index in [4.69, 9.17) is 0 Å². The van der Waals surface area contributed by atoms with Gasteiger partial charge in [-0.2, -0.15) is 0 Å². The Bertz CT molecular complexity index is 1870. The zero-order valence-corrected chi connectivity index (χ0v) is 37.6. The van der Waals surface area contributed by atoms with Crippen LogP contribution in [0.15, 0.2) is 126 Å². The summed E-state index contributed by atoms with van der Waals surface area (Å²) in [5.74, 6) is -0.968. The van der Waals surface area contributed by atoms with Gasteiger partial charge in [0.2, 0.25) is 0 Å². The zero-order valence-electron chi connectivity index (χ0n) is 37.6. The van der Waals surface area contributed by atoms with Gasteiger partial charge >= 0.3 is 0 Å². The number of unbranched alkanes of at least 4 members (excludes halogenated alkanes) is 12. The molecule has 4 nitrogen and oxygen atoms in total. The van der Waals surface area contributed by atoms with Crippen molar-refractivity contribution in [2.24, 2.45) is 11.8 Å². The number of rotatable bonds is 26. The van der Waals surface area contributed by atoms with Crippen molar-refractivity contribution in [2.75, 3.05) is 31.1 Å². The molecular formula is C56H74N2O2. The third-order valence-electron chi connectivity index (χ3n) is 12.2. The van der Waals surface area contributed by atoms with Gasteiger partial charge in [0.05, 0.1) is 0 Å². The Morgan fingerprint density at radius 1 is 0.567 bits per heavy atom. The first-order chi connectivity index (χ1) is 29.4.